The van der Waals surface area contributed by atoms with E-state index in [1.54, 1.807) is 32.4 Å². The quantitative estimate of drug-likeness (QED) is 0.571. The molecule has 0 aliphatic carbocycles. The summed E-state index contributed by atoms with van der Waals surface area (Å²) in [6, 6.07) is 5.30. The predicted octanol–water partition coefficient (Wildman–Crippen LogP) is 3.01. The number of amides is 1. The highest BCUT2D eigenvalue weighted by Crippen LogP contribution is 2.28. The number of carbonyl (C=O) groups is 1. The van der Waals surface area contributed by atoms with Crippen LogP contribution in [-0.2, 0) is 0 Å². The van der Waals surface area contributed by atoms with Crippen LogP contribution >= 0.6 is 23.6 Å². The van der Waals surface area contributed by atoms with Gasteiger partial charge in [0.15, 0.2) is 5.11 Å². The topological polar surface area (TPSA) is 71.6 Å². The van der Waals surface area contributed by atoms with Gasteiger partial charge < -0.3 is 14.8 Å². The van der Waals surface area contributed by atoms with Crippen molar-refractivity contribution in [2.24, 2.45) is 0 Å². The van der Waals surface area contributed by atoms with E-state index in [0.29, 0.717) is 22.7 Å². The van der Waals surface area contributed by atoms with Crippen molar-refractivity contribution in [3.8, 4) is 11.5 Å². The van der Waals surface area contributed by atoms with Gasteiger partial charge >= 0.3 is 0 Å². The lowest BCUT2D eigenvalue weighted by atomic mass is 10.2. The number of hydrogen-bond acceptors (Lipinski definition) is 5. The Morgan fingerprint density at radius 3 is 2.50 bits per heavy atom. The molecule has 24 heavy (non-hydrogen) atoms. The van der Waals surface area contributed by atoms with Crippen LogP contribution in [0.5, 0.6) is 11.5 Å². The molecule has 0 aliphatic heterocycles. The van der Waals surface area contributed by atoms with Gasteiger partial charge in [0.25, 0.3) is 5.91 Å². The monoisotopic (exact) mass is 365 g/mol. The number of aryl methyl sites for hydroxylation is 1. The van der Waals surface area contributed by atoms with Gasteiger partial charge in [-0.05, 0) is 43.8 Å². The summed E-state index contributed by atoms with van der Waals surface area (Å²) in [6.07, 6.45) is 0. The lowest BCUT2D eigenvalue weighted by Gasteiger charge is -2.14. The number of benzene rings is 1. The number of anilines is 1. The Morgan fingerprint density at radius 2 is 1.92 bits per heavy atom. The molecule has 1 aromatic carbocycles. The number of thiophene rings is 1. The third-order valence-electron chi connectivity index (χ3n) is 3.48. The molecule has 3 N–H and O–H groups in total. The molecule has 0 spiro atoms. The van der Waals surface area contributed by atoms with Gasteiger partial charge in [-0.1, -0.05) is 0 Å². The number of carbonyl (C=O) groups excluding carboxylic acids is 1. The van der Waals surface area contributed by atoms with Gasteiger partial charge in [-0.3, -0.25) is 15.6 Å². The van der Waals surface area contributed by atoms with Crippen LogP contribution in [0, 0.1) is 13.8 Å². The summed E-state index contributed by atoms with van der Waals surface area (Å²) in [7, 11) is 3.14. The minimum atomic E-state index is -0.234. The van der Waals surface area contributed by atoms with Crippen molar-refractivity contribution in [3.05, 3.63) is 39.6 Å². The van der Waals surface area contributed by atoms with Crippen LogP contribution in [0.2, 0.25) is 0 Å². The van der Waals surface area contributed by atoms with E-state index in [0.717, 1.165) is 10.4 Å². The van der Waals surface area contributed by atoms with Crippen LogP contribution in [0.25, 0.3) is 0 Å². The molecule has 0 radical (unpaired) electrons. The second-order valence-electron chi connectivity index (χ2n) is 4.93. The lowest BCUT2D eigenvalue weighted by molar-refractivity contribution is 0.0944. The van der Waals surface area contributed by atoms with Crippen molar-refractivity contribution in [2.75, 3.05) is 19.5 Å². The summed E-state index contributed by atoms with van der Waals surface area (Å²) in [5.74, 6) is 1.02. The molecule has 0 bridgehead atoms. The first kappa shape index (κ1) is 18.0. The number of hydrazine groups is 1. The van der Waals surface area contributed by atoms with Gasteiger partial charge in [0.1, 0.15) is 11.5 Å². The highest BCUT2D eigenvalue weighted by atomic mass is 32.1. The Balaban J connectivity index is 1.96. The first-order chi connectivity index (χ1) is 11.5. The van der Waals surface area contributed by atoms with Crippen LogP contribution in [-0.4, -0.2) is 25.2 Å². The molecule has 128 valence electrons. The molecule has 0 saturated heterocycles. The van der Waals surface area contributed by atoms with Crippen molar-refractivity contribution in [3.63, 3.8) is 0 Å². The molecular weight excluding hydrogens is 346 g/mol. The summed E-state index contributed by atoms with van der Waals surface area (Å²) >= 11 is 6.73. The van der Waals surface area contributed by atoms with Crippen LogP contribution in [0.4, 0.5) is 5.69 Å². The van der Waals surface area contributed by atoms with Gasteiger partial charge in [-0.15, -0.1) is 11.3 Å². The van der Waals surface area contributed by atoms with Gasteiger partial charge in [0.2, 0.25) is 0 Å². The average Bonchev–Trinajstić information content (AvgIpc) is 2.92. The predicted molar refractivity (Wildman–Crippen MR) is 100 cm³/mol. The number of methoxy groups -OCH3 is 2. The number of nitrogens with one attached hydrogen (secondary N) is 3. The maximum Gasteiger partial charge on any atom is 0.270 e. The summed E-state index contributed by atoms with van der Waals surface area (Å²) < 4.78 is 10.4. The van der Waals surface area contributed by atoms with Gasteiger partial charge in [0, 0.05) is 16.3 Å². The zero-order valence-electron chi connectivity index (χ0n) is 13.9. The van der Waals surface area contributed by atoms with E-state index < -0.39 is 0 Å². The Morgan fingerprint density at radius 1 is 1.17 bits per heavy atom. The molecule has 1 aromatic heterocycles. The highest BCUT2D eigenvalue weighted by molar-refractivity contribution is 7.80. The third-order valence-corrected chi connectivity index (χ3v) is 4.69. The second kappa shape index (κ2) is 7.98. The van der Waals surface area contributed by atoms with Crippen molar-refractivity contribution in [1.82, 2.24) is 10.9 Å². The van der Waals surface area contributed by atoms with Crippen LogP contribution in [0.3, 0.4) is 0 Å². The smallest absolute Gasteiger partial charge is 0.270 e. The number of hydrogen-bond donors (Lipinski definition) is 3. The SMILES string of the molecule is COc1ccc(NC(=S)NNC(=O)c2csc(C)c2C)c(OC)c1. The molecule has 2 aromatic rings. The van der Waals surface area contributed by atoms with E-state index in [2.05, 4.69) is 16.2 Å². The van der Waals surface area contributed by atoms with Crippen LogP contribution in [0.1, 0.15) is 20.8 Å². The summed E-state index contributed by atoms with van der Waals surface area (Å²) in [6.45, 7) is 3.89. The van der Waals surface area contributed by atoms with E-state index in [9.17, 15) is 4.79 Å². The summed E-state index contributed by atoms with van der Waals surface area (Å²) in [5.41, 5.74) is 7.53. The van der Waals surface area contributed by atoms with E-state index in [-0.39, 0.29) is 11.0 Å². The normalized spacial score (nSPS) is 10.0. The lowest BCUT2D eigenvalue weighted by Crippen LogP contribution is -2.43. The van der Waals surface area contributed by atoms with E-state index in [1.165, 1.54) is 11.3 Å². The van der Waals surface area contributed by atoms with Crippen molar-refractivity contribution in [1.29, 1.82) is 0 Å². The maximum atomic E-state index is 12.1. The minimum Gasteiger partial charge on any atom is -0.497 e. The van der Waals surface area contributed by atoms with E-state index in [1.807, 2.05) is 19.2 Å². The molecule has 1 amide bonds. The zero-order valence-corrected chi connectivity index (χ0v) is 15.5. The Labute approximate surface area is 150 Å². The Hall–Kier alpha value is -2.32. The first-order valence-corrected chi connectivity index (χ1v) is 8.39. The Kier molecular flexibility index (Phi) is 5.99. The number of thiocarbonyl (C=S) groups is 1. The molecule has 0 aliphatic rings. The largest absolute Gasteiger partial charge is 0.497 e. The fourth-order valence-electron chi connectivity index (χ4n) is 1.97. The summed E-state index contributed by atoms with van der Waals surface area (Å²) in [4.78, 5) is 13.3. The van der Waals surface area contributed by atoms with Crippen molar-refractivity contribution in [2.45, 2.75) is 13.8 Å². The number of rotatable bonds is 4. The van der Waals surface area contributed by atoms with E-state index in [4.69, 9.17) is 21.7 Å². The van der Waals surface area contributed by atoms with Crippen LogP contribution < -0.4 is 25.6 Å². The molecule has 0 atom stereocenters. The zero-order chi connectivity index (χ0) is 17.7. The maximum absolute atomic E-state index is 12.1. The fourth-order valence-corrected chi connectivity index (χ4v) is 3.00. The van der Waals surface area contributed by atoms with Gasteiger partial charge in [-0.25, -0.2) is 0 Å². The summed E-state index contributed by atoms with van der Waals surface area (Å²) in [5, 5.41) is 5.04. The van der Waals surface area contributed by atoms with E-state index >= 15 is 0 Å². The molecule has 0 unspecified atom stereocenters. The number of ether oxygens (including phenoxy) is 2. The minimum absolute atomic E-state index is 0.234. The van der Waals surface area contributed by atoms with Crippen molar-refractivity contribution >= 4 is 40.3 Å². The third kappa shape index (κ3) is 4.15. The second-order valence-corrected chi connectivity index (χ2v) is 6.42. The van der Waals surface area contributed by atoms with Crippen LogP contribution in [0.15, 0.2) is 23.6 Å². The highest BCUT2D eigenvalue weighted by Gasteiger charge is 2.13. The first-order valence-electron chi connectivity index (χ1n) is 7.10. The molecule has 1 heterocycles. The molecule has 6 nitrogen and oxygen atoms in total. The average molecular weight is 365 g/mol. The van der Waals surface area contributed by atoms with Crippen molar-refractivity contribution < 1.29 is 14.3 Å². The standard InChI is InChI=1S/C16H19N3O3S2/c1-9-10(2)24-8-12(9)15(20)18-19-16(23)17-13-6-5-11(21-3)7-14(13)22-4/h5-8H,1-4H3,(H,18,20)(H2,17,19,23). The molecular formula is C16H19N3O3S2. The van der Waals surface area contributed by atoms with Gasteiger partial charge in [-0.2, -0.15) is 0 Å². The molecule has 0 saturated carbocycles. The Bertz CT molecular complexity index is 759. The molecule has 0 fully saturated rings. The molecule has 8 heteroatoms. The van der Waals surface area contributed by atoms with Gasteiger partial charge in [0.05, 0.1) is 25.5 Å². The molecule has 2 rings (SSSR count). The fraction of sp³-hybridized carbons (Fsp3) is 0.250.